The zero-order valence-electron chi connectivity index (χ0n) is 25.4. The van der Waals surface area contributed by atoms with Gasteiger partial charge in [-0.15, -0.1) is 0 Å². The first-order valence-electron chi connectivity index (χ1n) is 13.8. The van der Waals surface area contributed by atoms with Crippen LogP contribution in [0.1, 0.15) is 76.1 Å². The summed E-state index contributed by atoms with van der Waals surface area (Å²) in [6.45, 7) is 14.8. The van der Waals surface area contributed by atoms with Gasteiger partial charge in [0.05, 0.1) is 19.3 Å². The number of amides is 1. The Hall–Kier alpha value is -4.20. The number of nitrogens with one attached hydrogen (secondary N) is 1. The quantitative estimate of drug-likeness (QED) is 0.323. The summed E-state index contributed by atoms with van der Waals surface area (Å²) in [5.74, 6) is 0.970. The van der Waals surface area contributed by atoms with Crippen molar-refractivity contribution in [2.45, 2.75) is 60.6 Å². The molecule has 0 aliphatic carbocycles. The number of hydrogen-bond donors (Lipinski definition) is 2. The number of nitrogens with zero attached hydrogens (tertiary/aromatic N) is 3. The van der Waals surface area contributed by atoms with Crippen LogP contribution in [0.2, 0.25) is 0 Å². The van der Waals surface area contributed by atoms with E-state index in [1.54, 1.807) is 20.4 Å². The van der Waals surface area contributed by atoms with E-state index < -0.39 is 0 Å². The zero-order valence-corrected chi connectivity index (χ0v) is 25.4. The Balaban J connectivity index is 0.00000274. The van der Waals surface area contributed by atoms with E-state index in [0.29, 0.717) is 22.6 Å². The molecular formula is C32H47N5O3. The molecule has 0 bridgehead atoms. The summed E-state index contributed by atoms with van der Waals surface area (Å²) in [6.07, 6.45) is 11.1. The van der Waals surface area contributed by atoms with Crippen LogP contribution in [0.4, 0.5) is 5.69 Å². The van der Waals surface area contributed by atoms with Crippen molar-refractivity contribution in [1.29, 1.82) is 0 Å². The summed E-state index contributed by atoms with van der Waals surface area (Å²) >= 11 is 0. The van der Waals surface area contributed by atoms with Crippen LogP contribution in [0.15, 0.2) is 66.3 Å². The average molecular weight is 550 g/mol. The second-order valence-corrected chi connectivity index (χ2v) is 9.30. The van der Waals surface area contributed by atoms with Crippen LogP contribution in [-0.2, 0) is 0 Å². The summed E-state index contributed by atoms with van der Waals surface area (Å²) in [5.41, 5.74) is 10.6. The highest BCUT2D eigenvalue weighted by Crippen LogP contribution is 2.38. The number of ether oxygens (including phenoxy) is 2. The maximum Gasteiger partial charge on any atom is 0.252 e. The van der Waals surface area contributed by atoms with Crippen LogP contribution in [0, 0.1) is 6.92 Å². The number of aryl methyl sites for hydroxylation is 1. The highest BCUT2D eigenvalue weighted by atomic mass is 16.5. The summed E-state index contributed by atoms with van der Waals surface area (Å²) in [7, 11) is 3.28. The molecule has 2 aromatic carbocycles. The minimum absolute atomic E-state index is 0. The first-order valence-corrected chi connectivity index (χ1v) is 13.8. The highest BCUT2D eigenvalue weighted by molar-refractivity contribution is 6.11. The van der Waals surface area contributed by atoms with E-state index in [2.05, 4.69) is 22.1 Å². The fourth-order valence-corrected chi connectivity index (χ4v) is 4.11. The van der Waals surface area contributed by atoms with Gasteiger partial charge in [0.15, 0.2) is 11.5 Å². The molecule has 0 saturated heterocycles. The summed E-state index contributed by atoms with van der Waals surface area (Å²) in [6, 6.07) is 9.40. The van der Waals surface area contributed by atoms with Crippen LogP contribution < -0.4 is 25.4 Å². The number of hydrogen-bond acceptors (Lipinski definition) is 7. The molecule has 8 heteroatoms. The lowest BCUT2D eigenvalue weighted by Crippen LogP contribution is -2.28. The molecular weight excluding hydrogens is 502 g/mol. The van der Waals surface area contributed by atoms with Crippen molar-refractivity contribution in [3.05, 3.63) is 83.6 Å². The van der Waals surface area contributed by atoms with Gasteiger partial charge in [-0.05, 0) is 70.0 Å². The second-order valence-electron chi connectivity index (χ2n) is 9.30. The Morgan fingerprint density at radius 3 is 2.33 bits per heavy atom. The number of benzene rings is 2. The molecule has 1 aliphatic heterocycles. The van der Waals surface area contributed by atoms with Gasteiger partial charge < -0.3 is 30.3 Å². The molecule has 3 rings (SSSR count). The molecule has 1 amide bonds. The SMILES string of the molecule is CC.CCN1C=CN(c2ccc(C)c(C(=O)N[C@H](C)c3cc(OC)c(OC(C)C)c(/C(C=NC)=C/N)c3)c2)C=C1.[HH]. The number of nitrogens with two attached hydrogens (primary N) is 1. The Bertz CT molecular complexity index is 1260. The number of carbonyl (C=O) groups excluding carboxylic acids is 1. The zero-order chi connectivity index (χ0) is 29.8. The first-order chi connectivity index (χ1) is 19.2. The van der Waals surface area contributed by atoms with Gasteiger partial charge in [-0.1, -0.05) is 19.9 Å². The number of allylic oxidation sites excluding steroid dienone is 1. The van der Waals surface area contributed by atoms with Crippen molar-refractivity contribution in [1.82, 2.24) is 10.2 Å². The predicted octanol–water partition coefficient (Wildman–Crippen LogP) is 6.64. The van der Waals surface area contributed by atoms with Crippen molar-refractivity contribution >= 4 is 23.4 Å². The summed E-state index contributed by atoms with van der Waals surface area (Å²) in [5, 5.41) is 3.14. The highest BCUT2D eigenvalue weighted by Gasteiger charge is 2.21. The standard InChI is InChI=1S/C30H39N5O3.C2H6.H2/c1-8-34-11-13-35(14-12-34)25-10-9-21(4)26(17-25)30(36)33-22(5)23-15-27(24(18-31)19-32-6)29(38-20(2)3)28(16-23)37-7;1-2;/h9-20,22H,8,31H2,1-7H3,(H,33,36);1-2H3;1H/b24-18+,32-19?;;/t22-;;/m1../s1. The fraction of sp³-hybridized carbons (Fsp3) is 0.375. The number of carbonyl (C=O) groups is 1. The van der Waals surface area contributed by atoms with Crippen molar-refractivity contribution in [2.24, 2.45) is 10.7 Å². The normalized spacial score (nSPS) is 13.8. The van der Waals surface area contributed by atoms with Crippen molar-refractivity contribution in [3.8, 4) is 11.5 Å². The molecule has 40 heavy (non-hydrogen) atoms. The molecule has 2 aromatic rings. The van der Waals surface area contributed by atoms with Gasteiger partial charge in [0.1, 0.15) is 0 Å². The third-order valence-electron chi connectivity index (χ3n) is 6.22. The van der Waals surface area contributed by atoms with Gasteiger partial charge in [0.25, 0.3) is 5.91 Å². The maximum absolute atomic E-state index is 13.4. The molecule has 1 aliphatic rings. The van der Waals surface area contributed by atoms with E-state index in [9.17, 15) is 4.79 Å². The van der Waals surface area contributed by atoms with Crippen LogP contribution in [0.5, 0.6) is 11.5 Å². The molecule has 8 nitrogen and oxygen atoms in total. The van der Waals surface area contributed by atoms with E-state index in [4.69, 9.17) is 15.2 Å². The van der Waals surface area contributed by atoms with Gasteiger partial charge >= 0.3 is 0 Å². The van der Waals surface area contributed by atoms with Crippen molar-refractivity contribution in [3.63, 3.8) is 0 Å². The minimum Gasteiger partial charge on any atom is -0.493 e. The smallest absolute Gasteiger partial charge is 0.252 e. The van der Waals surface area contributed by atoms with Crippen LogP contribution in [0.3, 0.4) is 0 Å². The van der Waals surface area contributed by atoms with Crippen LogP contribution in [0.25, 0.3) is 5.57 Å². The molecule has 218 valence electrons. The minimum atomic E-state index is -0.322. The Morgan fingerprint density at radius 2 is 1.77 bits per heavy atom. The third kappa shape index (κ3) is 7.91. The molecule has 1 atom stereocenters. The van der Waals surface area contributed by atoms with Crippen LogP contribution >= 0.6 is 0 Å². The molecule has 0 unspecified atom stereocenters. The number of anilines is 1. The van der Waals surface area contributed by atoms with E-state index >= 15 is 0 Å². The second kappa shape index (κ2) is 15.4. The Labute approximate surface area is 241 Å². The lowest BCUT2D eigenvalue weighted by molar-refractivity contribution is 0.0939. The summed E-state index contributed by atoms with van der Waals surface area (Å²) < 4.78 is 11.8. The fourth-order valence-electron chi connectivity index (χ4n) is 4.11. The molecule has 0 saturated carbocycles. The average Bonchev–Trinajstić information content (AvgIpc) is 2.97. The number of rotatable bonds is 10. The summed E-state index contributed by atoms with van der Waals surface area (Å²) in [4.78, 5) is 21.6. The van der Waals surface area contributed by atoms with E-state index in [1.807, 2.05) is 102 Å². The molecule has 0 fully saturated rings. The molecule has 1 heterocycles. The van der Waals surface area contributed by atoms with Crippen molar-refractivity contribution < 1.29 is 15.7 Å². The number of aliphatic imine (C=N–C) groups is 1. The molecule has 0 radical (unpaired) electrons. The Kier molecular flexibility index (Phi) is 12.3. The first kappa shape index (κ1) is 32.0. The number of methoxy groups -OCH3 is 1. The largest absolute Gasteiger partial charge is 0.493 e. The lowest BCUT2D eigenvalue weighted by atomic mass is 9.98. The Morgan fingerprint density at radius 1 is 1.10 bits per heavy atom. The van der Waals surface area contributed by atoms with Gasteiger partial charge in [0, 0.05) is 74.6 Å². The lowest BCUT2D eigenvalue weighted by Gasteiger charge is -2.25. The van der Waals surface area contributed by atoms with Crippen molar-refractivity contribution in [2.75, 3.05) is 25.6 Å². The predicted molar refractivity (Wildman–Crippen MR) is 169 cm³/mol. The van der Waals surface area contributed by atoms with E-state index in [1.165, 1.54) is 6.20 Å². The maximum atomic E-state index is 13.4. The van der Waals surface area contributed by atoms with E-state index in [0.717, 1.165) is 28.9 Å². The molecule has 0 spiro atoms. The molecule has 3 N–H and O–H groups in total. The third-order valence-corrected chi connectivity index (χ3v) is 6.22. The van der Waals surface area contributed by atoms with Crippen LogP contribution in [-0.4, -0.2) is 43.8 Å². The molecule has 0 aromatic heterocycles. The topological polar surface area (TPSA) is 92.4 Å². The van der Waals surface area contributed by atoms with E-state index in [-0.39, 0.29) is 19.5 Å². The monoisotopic (exact) mass is 549 g/mol. The van der Waals surface area contributed by atoms with Gasteiger partial charge in [0.2, 0.25) is 0 Å². The van der Waals surface area contributed by atoms with Gasteiger partial charge in [-0.3, -0.25) is 9.79 Å². The van der Waals surface area contributed by atoms with Gasteiger partial charge in [-0.2, -0.15) is 0 Å². The van der Waals surface area contributed by atoms with Gasteiger partial charge in [-0.25, -0.2) is 0 Å².